The summed E-state index contributed by atoms with van der Waals surface area (Å²) in [5.41, 5.74) is 0.610. The van der Waals surface area contributed by atoms with Crippen molar-refractivity contribution in [1.29, 1.82) is 0 Å². The van der Waals surface area contributed by atoms with E-state index in [1.54, 1.807) is 5.38 Å². The number of ketones is 2. The number of hydrogen-bond acceptors (Lipinski definition) is 8. The molecule has 2 aromatic heterocycles. The van der Waals surface area contributed by atoms with Crippen LogP contribution in [0, 0.1) is 0 Å². The topological polar surface area (TPSA) is 98.2 Å². The van der Waals surface area contributed by atoms with Crippen molar-refractivity contribution in [3.8, 4) is 10.7 Å². The molecule has 0 fully saturated rings. The molecule has 0 spiro atoms. The Labute approximate surface area is 185 Å². The largest absolute Gasteiger partial charge is 0.444 e. The van der Waals surface area contributed by atoms with Crippen molar-refractivity contribution >= 4 is 40.3 Å². The van der Waals surface area contributed by atoms with Crippen LogP contribution in [-0.4, -0.2) is 33.2 Å². The quantitative estimate of drug-likeness (QED) is 0.363. The lowest BCUT2D eigenvalue weighted by Gasteiger charge is -2.19. The van der Waals surface area contributed by atoms with Crippen LogP contribution in [0.5, 0.6) is 0 Å². The van der Waals surface area contributed by atoms with Gasteiger partial charge in [0.2, 0.25) is 0 Å². The summed E-state index contributed by atoms with van der Waals surface area (Å²) < 4.78 is 5.21. The summed E-state index contributed by atoms with van der Waals surface area (Å²) in [5, 5.41) is 7.73. The van der Waals surface area contributed by atoms with Crippen LogP contribution in [0.3, 0.4) is 0 Å². The van der Waals surface area contributed by atoms with Gasteiger partial charge in [0.15, 0.2) is 5.78 Å². The molecular formula is C21H29N3O4S2. The van der Waals surface area contributed by atoms with E-state index in [1.165, 1.54) is 22.7 Å². The molecular weight excluding hydrogens is 422 g/mol. The molecule has 0 bridgehead atoms. The monoisotopic (exact) mass is 451 g/mol. The van der Waals surface area contributed by atoms with Gasteiger partial charge in [-0.25, -0.2) is 14.8 Å². The molecule has 1 amide bonds. The highest BCUT2D eigenvalue weighted by atomic mass is 32.1. The fraction of sp³-hybridized carbons (Fsp3) is 0.571. The maximum absolute atomic E-state index is 12.3. The first-order valence-electron chi connectivity index (χ1n) is 10.1. The van der Waals surface area contributed by atoms with E-state index in [9.17, 15) is 14.4 Å². The summed E-state index contributed by atoms with van der Waals surface area (Å²) in [6, 6.07) is 0. The number of Topliss-reactive ketones (excluding diaryl/α,β-unsaturated/α-hetero) is 2. The third-order valence-corrected chi connectivity index (χ3v) is 5.81. The van der Waals surface area contributed by atoms with Crippen LogP contribution in [0.15, 0.2) is 10.8 Å². The Morgan fingerprint density at radius 2 is 1.77 bits per heavy atom. The van der Waals surface area contributed by atoms with Gasteiger partial charge in [-0.3, -0.25) is 9.59 Å². The van der Waals surface area contributed by atoms with Crippen LogP contribution in [-0.2, 0) is 16.1 Å². The minimum Gasteiger partial charge on any atom is -0.444 e. The summed E-state index contributed by atoms with van der Waals surface area (Å²) in [6.07, 6.45) is 3.60. The van der Waals surface area contributed by atoms with Gasteiger partial charge in [-0.15, -0.1) is 22.7 Å². The smallest absolute Gasteiger partial charge is 0.408 e. The normalized spacial score (nSPS) is 11.3. The molecule has 0 saturated heterocycles. The van der Waals surface area contributed by atoms with Gasteiger partial charge in [-0.2, -0.15) is 0 Å². The summed E-state index contributed by atoms with van der Waals surface area (Å²) in [7, 11) is 0. The summed E-state index contributed by atoms with van der Waals surface area (Å²) >= 11 is 2.80. The molecule has 0 atom stereocenters. The number of nitrogens with one attached hydrogen (secondary N) is 1. The van der Waals surface area contributed by atoms with Gasteiger partial charge in [-0.1, -0.05) is 13.3 Å². The number of aromatic nitrogens is 2. The molecule has 164 valence electrons. The molecule has 2 heterocycles. The highest BCUT2D eigenvalue weighted by Crippen LogP contribution is 2.26. The molecule has 0 aliphatic carbocycles. The Morgan fingerprint density at radius 3 is 2.47 bits per heavy atom. The summed E-state index contributed by atoms with van der Waals surface area (Å²) in [6.45, 7) is 7.57. The van der Waals surface area contributed by atoms with Crippen LogP contribution in [0.25, 0.3) is 10.7 Å². The number of unbranched alkanes of at least 4 members (excludes halogenated alkanes) is 2. The molecule has 1 N–H and O–H groups in total. The lowest BCUT2D eigenvalue weighted by atomic mass is 10.1. The lowest BCUT2D eigenvalue weighted by molar-refractivity contribution is -0.118. The lowest BCUT2D eigenvalue weighted by Crippen LogP contribution is -2.32. The average molecular weight is 452 g/mol. The van der Waals surface area contributed by atoms with Gasteiger partial charge in [0.1, 0.15) is 32.8 Å². The van der Waals surface area contributed by atoms with Crippen LogP contribution in [0.4, 0.5) is 4.79 Å². The van der Waals surface area contributed by atoms with E-state index in [4.69, 9.17) is 4.74 Å². The highest BCUT2D eigenvalue weighted by Gasteiger charge is 2.17. The molecule has 2 aromatic rings. The van der Waals surface area contributed by atoms with Crippen molar-refractivity contribution in [3.63, 3.8) is 0 Å². The van der Waals surface area contributed by atoms with Gasteiger partial charge < -0.3 is 10.1 Å². The van der Waals surface area contributed by atoms with Crippen molar-refractivity contribution in [3.05, 3.63) is 21.5 Å². The maximum atomic E-state index is 12.3. The number of ether oxygens (including phenoxy) is 1. The fourth-order valence-corrected chi connectivity index (χ4v) is 4.14. The number of carbonyl (C=O) groups excluding carboxylic acids is 3. The van der Waals surface area contributed by atoms with E-state index < -0.39 is 11.7 Å². The Balaban J connectivity index is 1.81. The van der Waals surface area contributed by atoms with Crippen molar-refractivity contribution in [1.82, 2.24) is 15.3 Å². The zero-order chi connectivity index (χ0) is 22.1. The van der Waals surface area contributed by atoms with Gasteiger partial charge in [0, 0.05) is 30.0 Å². The maximum Gasteiger partial charge on any atom is 0.408 e. The number of rotatable bonds is 11. The molecule has 0 aromatic carbocycles. The molecule has 0 aliphatic heterocycles. The highest BCUT2D eigenvalue weighted by molar-refractivity contribution is 7.14. The van der Waals surface area contributed by atoms with Gasteiger partial charge in [-0.05, 0) is 33.6 Å². The van der Waals surface area contributed by atoms with Crippen LogP contribution in [0.2, 0.25) is 0 Å². The van der Waals surface area contributed by atoms with E-state index in [0.29, 0.717) is 35.7 Å². The van der Waals surface area contributed by atoms with E-state index in [1.807, 2.05) is 33.1 Å². The number of thiazole rings is 2. The van der Waals surface area contributed by atoms with E-state index >= 15 is 0 Å². The summed E-state index contributed by atoms with van der Waals surface area (Å²) in [4.78, 5) is 44.3. The number of alkyl carbamates (subject to hydrolysis) is 1. The molecule has 9 heteroatoms. The molecule has 30 heavy (non-hydrogen) atoms. The number of nitrogens with zero attached hydrogens (tertiary/aromatic N) is 2. The zero-order valence-electron chi connectivity index (χ0n) is 17.9. The van der Waals surface area contributed by atoms with Crippen molar-refractivity contribution in [2.75, 3.05) is 0 Å². The number of hydrogen-bond donors (Lipinski definition) is 1. The Morgan fingerprint density at radius 1 is 1.03 bits per heavy atom. The SMILES string of the molecule is CCC(=O)CCCCCC(=O)c1csc(-c2csc(CNC(=O)OC(C)(C)C)n2)n1. The molecule has 0 saturated carbocycles. The van der Waals surface area contributed by atoms with Gasteiger partial charge in [0.05, 0.1) is 6.54 Å². The molecule has 2 rings (SSSR count). The Hall–Kier alpha value is -2.13. The molecule has 7 nitrogen and oxygen atoms in total. The second-order valence-corrected chi connectivity index (χ2v) is 9.70. The van der Waals surface area contributed by atoms with Crippen LogP contribution >= 0.6 is 22.7 Å². The third kappa shape index (κ3) is 8.31. The standard InChI is InChI=1S/C21H29N3O4S2/c1-5-14(25)9-7-6-8-10-17(26)15-12-30-19(24-15)16-13-29-18(23-16)11-22-20(27)28-21(2,3)4/h12-13H,5-11H2,1-4H3,(H,22,27). The van der Waals surface area contributed by atoms with Crippen molar-refractivity contribution < 1.29 is 19.1 Å². The second kappa shape index (κ2) is 11.3. The van der Waals surface area contributed by atoms with Gasteiger partial charge >= 0.3 is 6.09 Å². The Kier molecular flexibility index (Phi) is 9.10. The van der Waals surface area contributed by atoms with E-state index in [-0.39, 0.29) is 18.1 Å². The predicted molar refractivity (Wildman–Crippen MR) is 119 cm³/mol. The Bertz CT molecular complexity index is 868. The third-order valence-electron chi connectivity index (χ3n) is 4.10. The first-order chi connectivity index (χ1) is 14.2. The van der Waals surface area contributed by atoms with Crippen molar-refractivity contribution in [2.24, 2.45) is 0 Å². The zero-order valence-corrected chi connectivity index (χ0v) is 19.6. The molecule has 0 radical (unpaired) electrons. The fourth-order valence-electron chi connectivity index (χ4n) is 2.56. The minimum atomic E-state index is -0.547. The van der Waals surface area contributed by atoms with E-state index in [0.717, 1.165) is 24.3 Å². The minimum absolute atomic E-state index is 0.0152. The van der Waals surface area contributed by atoms with Gasteiger partial charge in [0.25, 0.3) is 0 Å². The second-order valence-electron chi connectivity index (χ2n) is 7.90. The van der Waals surface area contributed by atoms with Crippen molar-refractivity contribution in [2.45, 2.75) is 78.4 Å². The first kappa shape index (κ1) is 24.1. The molecule has 0 aliphatic rings. The van der Waals surface area contributed by atoms with E-state index in [2.05, 4.69) is 15.3 Å². The summed E-state index contributed by atoms with van der Waals surface area (Å²) in [5.74, 6) is 0.288. The van der Waals surface area contributed by atoms with Crippen LogP contribution < -0.4 is 5.32 Å². The predicted octanol–water partition coefficient (Wildman–Crippen LogP) is 5.40. The number of carbonyl (C=O) groups is 3. The molecule has 0 unspecified atom stereocenters. The van der Waals surface area contributed by atoms with Crippen LogP contribution in [0.1, 0.15) is 81.7 Å². The average Bonchev–Trinajstić information content (AvgIpc) is 3.33. The first-order valence-corrected chi connectivity index (χ1v) is 11.9. The number of amides is 1.